The molecule has 1 amide bonds. The summed E-state index contributed by atoms with van der Waals surface area (Å²) in [7, 11) is 0. The molecule has 0 unspecified atom stereocenters. The zero-order chi connectivity index (χ0) is 15.3. The number of esters is 1. The van der Waals surface area contributed by atoms with E-state index in [4.69, 9.17) is 4.74 Å². The minimum Gasteiger partial charge on any atom is -0.423 e. The normalized spacial score (nSPS) is 10.8. The van der Waals surface area contributed by atoms with Gasteiger partial charge in [-0.15, -0.1) is 0 Å². The van der Waals surface area contributed by atoms with Crippen LogP contribution >= 0.6 is 0 Å². The van der Waals surface area contributed by atoms with Crippen LogP contribution in [0.2, 0.25) is 0 Å². The molecule has 5 heteroatoms. The quantitative estimate of drug-likeness (QED) is 0.667. The van der Waals surface area contributed by atoms with Crippen LogP contribution < -0.4 is 10.1 Å². The van der Waals surface area contributed by atoms with Gasteiger partial charge in [0.1, 0.15) is 0 Å². The zero-order valence-corrected chi connectivity index (χ0v) is 12.2. The van der Waals surface area contributed by atoms with E-state index in [-0.39, 0.29) is 30.0 Å². The summed E-state index contributed by atoms with van der Waals surface area (Å²) < 4.78 is 18.7. The van der Waals surface area contributed by atoms with Gasteiger partial charge in [-0.25, -0.2) is 4.39 Å². The van der Waals surface area contributed by atoms with Crippen LogP contribution in [0.25, 0.3) is 0 Å². The molecule has 4 nitrogen and oxygen atoms in total. The van der Waals surface area contributed by atoms with Gasteiger partial charge in [0, 0.05) is 12.5 Å². The van der Waals surface area contributed by atoms with Gasteiger partial charge in [0.2, 0.25) is 5.91 Å². The predicted molar refractivity (Wildman–Crippen MR) is 73.6 cm³/mol. The van der Waals surface area contributed by atoms with E-state index in [2.05, 4.69) is 5.32 Å². The zero-order valence-electron chi connectivity index (χ0n) is 12.2. The van der Waals surface area contributed by atoms with Crippen molar-refractivity contribution in [2.75, 3.05) is 0 Å². The molecule has 1 N–H and O–H groups in total. The first kappa shape index (κ1) is 16.1. The van der Waals surface area contributed by atoms with Crippen molar-refractivity contribution < 1.29 is 18.7 Å². The Kier molecular flexibility index (Phi) is 5.67. The molecule has 0 aliphatic heterocycles. The summed E-state index contributed by atoms with van der Waals surface area (Å²) in [6, 6.07) is 4.27. The lowest BCUT2D eigenvalue weighted by Gasteiger charge is -2.10. The summed E-state index contributed by atoms with van der Waals surface area (Å²) in [5, 5.41) is 2.69. The maximum atomic E-state index is 13.8. The van der Waals surface area contributed by atoms with E-state index in [0.29, 0.717) is 5.56 Å². The third-order valence-electron chi connectivity index (χ3n) is 2.67. The van der Waals surface area contributed by atoms with E-state index < -0.39 is 11.8 Å². The molecule has 0 fully saturated rings. The highest BCUT2D eigenvalue weighted by molar-refractivity contribution is 5.77. The van der Waals surface area contributed by atoms with Crippen LogP contribution in [0, 0.1) is 17.7 Å². The maximum Gasteiger partial charge on any atom is 0.313 e. The molecule has 0 spiro atoms. The van der Waals surface area contributed by atoms with Gasteiger partial charge in [0.05, 0.1) is 5.92 Å². The molecule has 0 aliphatic carbocycles. The smallest absolute Gasteiger partial charge is 0.313 e. The number of nitrogens with one attached hydrogen (secondary N) is 1. The highest BCUT2D eigenvalue weighted by Gasteiger charge is 2.13. The number of benzene rings is 1. The van der Waals surface area contributed by atoms with Crippen molar-refractivity contribution >= 4 is 11.9 Å². The molecule has 0 radical (unpaired) electrons. The Morgan fingerprint density at radius 1 is 1.20 bits per heavy atom. The van der Waals surface area contributed by atoms with E-state index in [9.17, 15) is 14.0 Å². The van der Waals surface area contributed by atoms with Crippen LogP contribution in [0.3, 0.4) is 0 Å². The Morgan fingerprint density at radius 3 is 2.35 bits per heavy atom. The van der Waals surface area contributed by atoms with Gasteiger partial charge in [0.15, 0.2) is 11.6 Å². The molecule has 1 aromatic carbocycles. The molecule has 0 atom stereocenters. The van der Waals surface area contributed by atoms with E-state index >= 15 is 0 Å². The second kappa shape index (κ2) is 7.03. The van der Waals surface area contributed by atoms with Crippen LogP contribution in [0.15, 0.2) is 18.2 Å². The fourth-order valence-corrected chi connectivity index (χ4v) is 1.36. The molecular formula is C15H20FNO3. The number of amides is 1. The molecule has 1 aromatic rings. The van der Waals surface area contributed by atoms with Crippen molar-refractivity contribution in [3.05, 3.63) is 29.6 Å². The van der Waals surface area contributed by atoms with Crippen molar-refractivity contribution in [3.8, 4) is 5.75 Å². The second-order valence-electron chi connectivity index (χ2n) is 5.21. The summed E-state index contributed by atoms with van der Waals surface area (Å²) in [5.41, 5.74) is 0.612. The molecule has 0 saturated carbocycles. The molecule has 1 rings (SSSR count). The first-order valence-corrected chi connectivity index (χ1v) is 6.59. The van der Waals surface area contributed by atoms with Gasteiger partial charge in [-0.3, -0.25) is 9.59 Å². The van der Waals surface area contributed by atoms with Crippen LogP contribution in [0.5, 0.6) is 5.75 Å². The van der Waals surface area contributed by atoms with E-state index in [1.807, 2.05) is 0 Å². The average molecular weight is 281 g/mol. The highest BCUT2D eigenvalue weighted by Crippen LogP contribution is 2.19. The van der Waals surface area contributed by atoms with Gasteiger partial charge in [-0.1, -0.05) is 33.8 Å². The number of carbonyl (C=O) groups excluding carboxylic acids is 2. The standard InChI is InChI=1S/C15H20FNO3/c1-9(2)14(18)17-8-11-5-6-13(12(16)7-11)20-15(19)10(3)4/h5-7,9-10H,8H2,1-4H3,(H,17,18). The minimum atomic E-state index is -0.615. The lowest BCUT2D eigenvalue weighted by atomic mass is 10.1. The SMILES string of the molecule is CC(C)C(=O)NCc1ccc(OC(=O)C(C)C)c(F)c1. The molecule has 0 bridgehead atoms. The first-order valence-electron chi connectivity index (χ1n) is 6.59. The van der Waals surface area contributed by atoms with Crippen molar-refractivity contribution in [2.45, 2.75) is 34.2 Å². The Bertz CT molecular complexity index is 498. The number of ether oxygens (including phenoxy) is 1. The Balaban J connectivity index is 2.68. The maximum absolute atomic E-state index is 13.8. The first-order chi connectivity index (χ1) is 9.31. The second-order valence-corrected chi connectivity index (χ2v) is 5.21. The molecule has 0 aliphatic rings. The van der Waals surface area contributed by atoms with Crippen LogP contribution in [0.4, 0.5) is 4.39 Å². The Hall–Kier alpha value is -1.91. The van der Waals surface area contributed by atoms with Crippen molar-refractivity contribution in [3.63, 3.8) is 0 Å². The topological polar surface area (TPSA) is 55.4 Å². The fraction of sp³-hybridized carbons (Fsp3) is 0.467. The summed E-state index contributed by atoms with van der Waals surface area (Å²) in [4.78, 5) is 22.8. The highest BCUT2D eigenvalue weighted by atomic mass is 19.1. The van der Waals surface area contributed by atoms with Crippen LogP contribution in [-0.4, -0.2) is 11.9 Å². The molecule has 0 saturated heterocycles. The average Bonchev–Trinajstić information content (AvgIpc) is 2.38. The van der Waals surface area contributed by atoms with Gasteiger partial charge in [0.25, 0.3) is 0 Å². The van der Waals surface area contributed by atoms with E-state index in [0.717, 1.165) is 0 Å². The largest absolute Gasteiger partial charge is 0.423 e. The fourth-order valence-electron chi connectivity index (χ4n) is 1.36. The van der Waals surface area contributed by atoms with Gasteiger partial charge in [-0.05, 0) is 17.7 Å². The van der Waals surface area contributed by atoms with E-state index in [1.54, 1.807) is 33.8 Å². The molecule has 110 valence electrons. The summed E-state index contributed by atoms with van der Waals surface area (Å²) in [5.74, 6) is -1.73. The predicted octanol–water partition coefficient (Wildman–Crippen LogP) is 2.66. The number of rotatable bonds is 5. The van der Waals surface area contributed by atoms with Crippen LogP contribution in [-0.2, 0) is 16.1 Å². The molecular weight excluding hydrogens is 261 g/mol. The summed E-state index contributed by atoms with van der Waals surface area (Å²) in [6.45, 7) is 7.16. The lowest BCUT2D eigenvalue weighted by molar-refractivity contribution is -0.138. The number of halogens is 1. The Labute approximate surface area is 118 Å². The minimum absolute atomic E-state index is 0.0948. The van der Waals surface area contributed by atoms with Crippen molar-refractivity contribution in [2.24, 2.45) is 11.8 Å². The molecule has 20 heavy (non-hydrogen) atoms. The third kappa shape index (κ3) is 4.64. The molecule has 0 heterocycles. The number of carbonyl (C=O) groups is 2. The van der Waals surface area contributed by atoms with Crippen LogP contribution in [0.1, 0.15) is 33.3 Å². The van der Waals surface area contributed by atoms with Gasteiger partial charge < -0.3 is 10.1 Å². The van der Waals surface area contributed by atoms with E-state index in [1.165, 1.54) is 12.1 Å². The number of hydrogen-bond donors (Lipinski definition) is 1. The summed E-state index contributed by atoms with van der Waals surface area (Å²) in [6.07, 6.45) is 0. The third-order valence-corrected chi connectivity index (χ3v) is 2.67. The number of hydrogen-bond acceptors (Lipinski definition) is 3. The van der Waals surface area contributed by atoms with Gasteiger partial charge in [-0.2, -0.15) is 0 Å². The van der Waals surface area contributed by atoms with Crippen molar-refractivity contribution in [1.82, 2.24) is 5.32 Å². The molecule has 0 aromatic heterocycles. The Morgan fingerprint density at radius 2 is 1.85 bits per heavy atom. The van der Waals surface area contributed by atoms with Crippen molar-refractivity contribution in [1.29, 1.82) is 0 Å². The monoisotopic (exact) mass is 281 g/mol. The summed E-state index contributed by atoms with van der Waals surface area (Å²) >= 11 is 0. The lowest BCUT2D eigenvalue weighted by Crippen LogP contribution is -2.27. The van der Waals surface area contributed by atoms with Gasteiger partial charge >= 0.3 is 5.97 Å².